The summed E-state index contributed by atoms with van der Waals surface area (Å²) in [5.74, 6) is -0.239. The Balaban J connectivity index is 1.59. The van der Waals surface area contributed by atoms with Gasteiger partial charge in [-0.15, -0.1) is 0 Å². The van der Waals surface area contributed by atoms with Crippen molar-refractivity contribution in [1.82, 2.24) is 14.9 Å². The summed E-state index contributed by atoms with van der Waals surface area (Å²) in [6, 6.07) is 14.6. The highest BCUT2D eigenvalue weighted by Gasteiger charge is 2.26. The van der Waals surface area contributed by atoms with Crippen LogP contribution in [0, 0.1) is 0 Å². The fourth-order valence-electron chi connectivity index (χ4n) is 4.85. The molecule has 0 radical (unpaired) electrons. The summed E-state index contributed by atoms with van der Waals surface area (Å²) in [5, 5.41) is 13.2. The highest BCUT2D eigenvalue weighted by Crippen LogP contribution is 2.28. The second kappa shape index (κ2) is 14.3. The first-order valence-electron chi connectivity index (χ1n) is 14.4. The van der Waals surface area contributed by atoms with Gasteiger partial charge in [-0.25, -0.2) is 14.6 Å². The van der Waals surface area contributed by atoms with E-state index in [9.17, 15) is 19.5 Å². The van der Waals surface area contributed by atoms with Crippen molar-refractivity contribution < 1.29 is 24.2 Å². The first-order valence-corrected chi connectivity index (χ1v) is 14.4. The fourth-order valence-corrected chi connectivity index (χ4v) is 4.85. The maximum absolute atomic E-state index is 13.4. The van der Waals surface area contributed by atoms with Crippen molar-refractivity contribution in [3.8, 4) is 5.75 Å². The van der Waals surface area contributed by atoms with Crippen LogP contribution in [-0.4, -0.2) is 76.7 Å². The van der Waals surface area contributed by atoms with Crippen LogP contribution in [0.4, 0.5) is 22.2 Å². The quantitative estimate of drug-likeness (QED) is 0.317. The second-order valence-electron chi connectivity index (χ2n) is 9.94. The molecule has 0 spiro atoms. The Labute approximate surface area is 246 Å². The van der Waals surface area contributed by atoms with E-state index >= 15 is 0 Å². The van der Waals surface area contributed by atoms with Gasteiger partial charge >= 0.3 is 12.1 Å². The number of ether oxygens (including phenoxy) is 1. The van der Waals surface area contributed by atoms with Gasteiger partial charge in [0.1, 0.15) is 17.5 Å². The highest BCUT2D eigenvalue weighted by molar-refractivity contribution is 6.07. The number of anilines is 3. The van der Waals surface area contributed by atoms with Crippen LogP contribution >= 0.6 is 0 Å². The van der Waals surface area contributed by atoms with Gasteiger partial charge in [0.15, 0.2) is 5.82 Å². The minimum Gasteiger partial charge on any atom is -0.480 e. The molecule has 11 heteroatoms. The zero-order chi connectivity index (χ0) is 30.1. The molecule has 2 amide bonds. The second-order valence-corrected chi connectivity index (χ2v) is 9.94. The van der Waals surface area contributed by atoms with Crippen molar-refractivity contribution in [1.29, 1.82) is 0 Å². The van der Waals surface area contributed by atoms with Gasteiger partial charge in [0.05, 0.1) is 6.20 Å². The number of rotatable bonds is 12. The van der Waals surface area contributed by atoms with E-state index in [2.05, 4.69) is 10.3 Å². The van der Waals surface area contributed by atoms with Crippen molar-refractivity contribution in [3.05, 3.63) is 71.9 Å². The third-order valence-electron chi connectivity index (χ3n) is 7.22. The summed E-state index contributed by atoms with van der Waals surface area (Å²) in [6.45, 7) is 8.84. The van der Waals surface area contributed by atoms with Gasteiger partial charge in [-0.2, -0.15) is 4.98 Å². The van der Waals surface area contributed by atoms with Crippen LogP contribution < -0.4 is 19.9 Å². The number of carboxylic acids is 1. The summed E-state index contributed by atoms with van der Waals surface area (Å²) in [4.78, 5) is 52.5. The Kier molecular flexibility index (Phi) is 10.3. The molecule has 2 N–H and O–H groups in total. The number of aliphatic carboxylic acids is 1. The van der Waals surface area contributed by atoms with E-state index in [-0.39, 0.29) is 24.2 Å². The van der Waals surface area contributed by atoms with Crippen LogP contribution in [0.1, 0.15) is 49.5 Å². The molecule has 0 bridgehead atoms. The standard InChI is InChI=1S/C31H38N6O5/c1-4-35(5-2)30-32-21-26(37(6-3)28(38)23-12-8-7-9-13-23)27(34-30)33-25(29(39)40)20-22-14-16-24(17-15-22)42-31(41)36-18-10-11-19-36/h7-9,12-17,21,25H,4-6,10-11,18-20H2,1-3H3,(H,39,40)(H,32,33,34)/t25-/m0/s1. The van der Waals surface area contributed by atoms with Gasteiger partial charge in [-0.1, -0.05) is 30.3 Å². The van der Waals surface area contributed by atoms with Crippen molar-refractivity contribution in [2.24, 2.45) is 0 Å². The summed E-state index contributed by atoms with van der Waals surface area (Å²) in [6.07, 6.45) is 3.25. The number of amides is 2. The Morgan fingerprint density at radius 2 is 1.64 bits per heavy atom. The van der Waals surface area contributed by atoms with Gasteiger partial charge in [-0.3, -0.25) is 4.79 Å². The predicted molar refractivity (Wildman–Crippen MR) is 161 cm³/mol. The third kappa shape index (κ3) is 7.34. The smallest absolute Gasteiger partial charge is 0.415 e. The van der Waals surface area contributed by atoms with Crippen LogP contribution in [0.15, 0.2) is 60.8 Å². The van der Waals surface area contributed by atoms with Crippen molar-refractivity contribution in [2.75, 3.05) is 47.8 Å². The molecule has 0 unspecified atom stereocenters. The molecule has 11 nitrogen and oxygen atoms in total. The molecule has 42 heavy (non-hydrogen) atoms. The Bertz CT molecular complexity index is 1360. The molecule has 1 fully saturated rings. The fraction of sp³-hybridized carbons (Fsp3) is 0.387. The van der Waals surface area contributed by atoms with Gasteiger partial charge in [0.25, 0.3) is 5.91 Å². The molecule has 2 heterocycles. The van der Waals surface area contributed by atoms with Gasteiger partial charge in [0.2, 0.25) is 5.95 Å². The number of carboxylic acid groups (broad SMARTS) is 1. The zero-order valence-corrected chi connectivity index (χ0v) is 24.3. The average molecular weight is 575 g/mol. The van der Waals surface area contributed by atoms with Crippen LogP contribution in [0.25, 0.3) is 0 Å². The monoisotopic (exact) mass is 574 g/mol. The molecular formula is C31H38N6O5. The summed E-state index contributed by atoms with van der Waals surface area (Å²) < 4.78 is 5.47. The Morgan fingerprint density at radius 1 is 0.976 bits per heavy atom. The number of nitrogens with zero attached hydrogens (tertiary/aromatic N) is 5. The van der Waals surface area contributed by atoms with Gasteiger partial charge < -0.3 is 29.9 Å². The lowest BCUT2D eigenvalue weighted by Crippen LogP contribution is -2.36. The first-order chi connectivity index (χ1) is 20.3. The lowest BCUT2D eigenvalue weighted by Gasteiger charge is -2.27. The molecule has 0 saturated carbocycles. The van der Waals surface area contributed by atoms with E-state index in [1.165, 1.54) is 4.90 Å². The Morgan fingerprint density at radius 3 is 2.24 bits per heavy atom. The summed E-state index contributed by atoms with van der Waals surface area (Å²) in [7, 11) is 0. The minimum atomic E-state index is -1.08. The molecule has 1 aliphatic rings. The molecule has 4 rings (SSSR count). The lowest BCUT2D eigenvalue weighted by molar-refractivity contribution is -0.137. The molecular weight excluding hydrogens is 536 g/mol. The number of carbonyl (C=O) groups excluding carboxylic acids is 2. The van der Waals surface area contributed by atoms with E-state index in [4.69, 9.17) is 9.72 Å². The van der Waals surface area contributed by atoms with Gasteiger partial charge in [-0.05, 0) is 63.4 Å². The molecule has 3 aromatic rings. The largest absolute Gasteiger partial charge is 0.480 e. The van der Waals surface area contributed by atoms with E-state index in [1.54, 1.807) is 59.6 Å². The molecule has 0 aliphatic carbocycles. The van der Waals surface area contributed by atoms with Crippen LogP contribution in [0.2, 0.25) is 0 Å². The van der Waals surface area contributed by atoms with Crippen molar-refractivity contribution in [2.45, 2.75) is 46.1 Å². The van der Waals surface area contributed by atoms with E-state index < -0.39 is 12.0 Å². The van der Waals surface area contributed by atoms with Crippen LogP contribution in [-0.2, 0) is 11.2 Å². The number of hydrogen-bond acceptors (Lipinski definition) is 8. The van der Waals surface area contributed by atoms with E-state index in [0.29, 0.717) is 55.7 Å². The van der Waals surface area contributed by atoms with Crippen molar-refractivity contribution >= 4 is 35.4 Å². The van der Waals surface area contributed by atoms with E-state index in [1.807, 2.05) is 31.7 Å². The van der Waals surface area contributed by atoms with Crippen LogP contribution in [0.5, 0.6) is 5.75 Å². The number of nitrogens with one attached hydrogen (secondary N) is 1. The average Bonchev–Trinajstić information content (AvgIpc) is 3.55. The normalized spacial score (nSPS) is 13.4. The zero-order valence-electron chi connectivity index (χ0n) is 24.3. The third-order valence-corrected chi connectivity index (χ3v) is 7.22. The molecule has 1 aromatic heterocycles. The molecule has 1 saturated heterocycles. The number of aromatic nitrogens is 2. The van der Waals surface area contributed by atoms with Crippen LogP contribution in [0.3, 0.4) is 0 Å². The molecule has 1 aliphatic heterocycles. The SMILES string of the molecule is CCN(CC)c1ncc(N(CC)C(=O)c2ccccc2)c(N[C@@H](Cc2ccc(OC(=O)N3CCCC3)cc2)C(=O)O)n1. The number of benzene rings is 2. The topological polar surface area (TPSA) is 128 Å². The predicted octanol–water partition coefficient (Wildman–Crippen LogP) is 4.69. The summed E-state index contributed by atoms with van der Waals surface area (Å²) in [5.41, 5.74) is 1.61. The number of carbonyl (C=O) groups is 3. The number of hydrogen-bond donors (Lipinski definition) is 2. The molecule has 222 valence electrons. The minimum absolute atomic E-state index is 0.123. The molecule has 1 atom stereocenters. The van der Waals surface area contributed by atoms with E-state index in [0.717, 1.165) is 18.4 Å². The first kappa shape index (κ1) is 30.3. The maximum atomic E-state index is 13.4. The highest BCUT2D eigenvalue weighted by atomic mass is 16.6. The lowest BCUT2D eigenvalue weighted by atomic mass is 10.1. The number of likely N-dealkylation sites (tertiary alicyclic amines) is 1. The summed E-state index contributed by atoms with van der Waals surface area (Å²) >= 11 is 0. The Hall–Kier alpha value is -4.67. The maximum Gasteiger partial charge on any atom is 0.415 e. The van der Waals surface area contributed by atoms with Gasteiger partial charge in [0, 0.05) is 44.7 Å². The molecule has 2 aromatic carbocycles. The van der Waals surface area contributed by atoms with Crippen molar-refractivity contribution in [3.63, 3.8) is 0 Å².